The number of methoxy groups -OCH3 is 1. The molecule has 1 aromatic carbocycles. The van der Waals surface area contributed by atoms with E-state index in [9.17, 15) is 9.59 Å². The zero-order chi connectivity index (χ0) is 25.2. The van der Waals surface area contributed by atoms with Gasteiger partial charge in [-0.25, -0.2) is 0 Å². The smallest absolute Gasteiger partial charge is 0.309 e. The Hall–Kier alpha value is -2.62. The van der Waals surface area contributed by atoms with Crippen molar-refractivity contribution in [2.24, 2.45) is 0 Å². The van der Waals surface area contributed by atoms with Crippen LogP contribution in [0.5, 0.6) is 5.75 Å². The molecule has 2 amide bonds. The van der Waals surface area contributed by atoms with Gasteiger partial charge in [-0.05, 0) is 43.6 Å². The molecule has 35 heavy (non-hydrogen) atoms. The Morgan fingerprint density at radius 3 is 2.40 bits per heavy atom. The van der Waals surface area contributed by atoms with Gasteiger partial charge in [0.1, 0.15) is 5.75 Å². The van der Waals surface area contributed by atoms with Crippen LogP contribution in [0, 0.1) is 0 Å². The van der Waals surface area contributed by atoms with E-state index in [0.717, 1.165) is 57.3 Å². The molecule has 2 N–H and O–H groups in total. The quantitative estimate of drug-likeness (QED) is 0.461. The van der Waals surface area contributed by atoms with Gasteiger partial charge in [0, 0.05) is 50.2 Å². The number of hydrogen-bond acceptors (Lipinski definition) is 7. The summed E-state index contributed by atoms with van der Waals surface area (Å²) in [6.45, 7) is 12.6. The van der Waals surface area contributed by atoms with Crippen LogP contribution in [-0.2, 0) is 9.59 Å². The fraction of sp³-hybridized carbons (Fsp3) is 0.538. The van der Waals surface area contributed by atoms with Crippen LogP contribution in [0.25, 0.3) is 0 Å². The summed E-state index contributed by atoms with van der Waals surface area (Å²) in [6.07, 6.45) is 0. The molecule has 0 saturated carbocycles. The first-order chi connectivity index (χ1) is 17.0. The lowest BCUT2D eigenvalue weighted by Gasteiger charge is -2.42. The Morgan fingerprint density at radius 2 is 1.77 bits per heavy atom. The minimum absolute atomic E-state index is 0.00208. The summed E-state index contributed by atoms with van der Waals surface area (Å²) in [5.41, 5.74) is 1.10. The number of carbonyl (C=O) groups is 2. The molecule has 8 nitrogen and oxygen atoms in total. The average molecular weight is 502 g/mol. The number of para-hydroxylation sites is 2. The Morgan fingerprint density at radius 1 is 1.06 bits per heavy atom. The summed E-state index contributed by atoms with van der Waals surface area (Å²) in [4.78, 5) is 33.2. The molecular formula is C26H39N5O3S. The van der Waals surface area contributed by atoms with Gasteiger partial charge in [0.05, 0.1) is 18.8 Å². The number of benzene rings is 1. The van der Waals surface area contributed by atoms with Crippen LogP contribution < -0.4 is 20.3 Å². The second-order valence-electron chi connectivity index (χ2n) is 8.70. The van der Waals surface area contributed by atoms with Gasteiger partial charge < -0.3 is 25.2 Å². The van der Waals surface area contributed by atoms with Crippen molar-refractivity contribution in [1.29, 1.82) is 0 Å². The molecular weight excluding hydrogens is 462 g/mol. The maximum Gasteiger partial charge on any atom is 0.309 e. The van der Waals surface area contributed by atoms with E-state index in [4.69, 9.17) is 4.74 Å². The highest BCUT2D eigenvalue weighted by Crippen LogP contribution is 2.32. The van der Waals surface area contributed by atoms with Crippen LogP contribution in [0.4, 0.5) is 5.69 Å². The number of likely N-dealkylation sites (N-methyl/N-ethyl adjacent to an activating group) is 1. The number of nitrogens with one attached hydrogen (secondary N) is 2. The maximum atomic E-state index is 12.7. The number of amides is 2. The van der Waals surface area contributed by atoms with Gasteiger partial charge in [-0.1, -0.05) is 32.0 Å². The van der Waals surface area contributed by atoms with E-state index in [2.05, 4.69) is 56.7 Å². The molecule has 0 spiro atoms. The van der Waals surface area contributed by atoms with Crippen molar-refractivity contribution in [2.45, 2.75) is 32.9 Å². The number of piperazine rings is 1. The van der Waals surface area contributed by atoms with E-state index in [1.54, 1.807) is 18.4 Å². The van der Waals surface area contributed by atoms with Gasteiger partial charge in [0.2, 0.25) is 0 Å². The van der Waals surface area contributed by atoms with Gasteiger partial charge in [-0.15, -0.1) is 11.3 Å². The van der Waals surface area contributed by atoms with Crippen LogP contribution in [0.1, 0.15) is 31.7 Å². The van der Waals surface area contributed by atoms with E-state index < -0.39 is 11.8 Å². The van der Waals surface area contributed by atoms with Gasteiger partial charge in [0.25, 0.3) is 0 Å². The first-order valence-corrected chi connectivity index (χ1v) is 13.3. The number of hydrogen-bond donors (Lipinski definition) is 2. The predicted octanol–water partition coefficient (Wildman–Crippen LogP) is 2.58. The van der Waals surface area contributed by atoms with Gasteiger partial charge in [-0.3, -0.25) is 14.5 Å². The predicted molar refractivity (Wildman–Crippen MR) is 142 cm³/mol. The van der Waals surface area contributed by atoms with Crippen LogP contribution >= 0.6 is 11.3 Å². The minimum Gasteiger partial charge on any atom is -0.495 e. The van der Waals surface area contributed by atoms with Crippen LogP contribution in [0.2, 0.25) is 0 Å². The lowest BCUT2D eigenvalue weighted by atomic mass is 10.0. The van der Waals surface area contributed by atoms with Gasteiger partial charge in [-0.2, -0.15) is 0 Å². The Kier molecular flexibility index (Phi) is 10.4. The summed E-state index contributed by atoms with van der Waals surface area (Å²) >= 11 is 1.68. The van der Waals surface area contributed by atoms with Crippen molar-refractivity contribution in [3.05, 3.63) is 46.7 Å². The minimum atomic E-state index is -0.578. The molecule has 2 heterocycles. The zero-order valence-electron chi connectivity index (χ0n) is 21.3. The largest absolute Gasteiger partial charge is 0.495 e. The molecule has 2 atom stereocenters. The zero-order valence-corrected chi connectivity index (χ0v) is 22.1. The van der Waals surface area contributed by atoms with Crippen molar-refractivity contribution in [2.75, 3.05) is 64.4 Å². The van der Waals surface area contributed by atoms with E-state index in [0.29, 0.717) is 6.54 Å². The molecule has 0 aliphatic carbocycles. The van der Waals surface area contributed by atoms with Crippen LogP contribution in [0.3, 0.4) is 0 Å². The summed E-state index contributed by atoms with van der Waals surface area (Å²) < 4.78 is 5.55. The third kappa shape index (κ3) is 7.19. The van der Waals surface area contributed by atoms with Crippen molar-refractivity contribution < 1.29 is 14.3 Å². The van der Waals surface area contributed by atoms with E-state index in [1.807, 2.05) is 31.2 Å². The fourth-order valence-corrected chi connectivity index (χ4v) is 5.60. The highest BCUT2D eigenvalue weighted by Gasteiger charge is 2.32. The molecule has 1 aliphatic heterocycles. The third-order valence-corrected chi connectivity index (χ3v) is 7.56. The average Bonchev–Trinajstić information content (AvgIpc) is 3.41. The Labute approximate surface area is 213 Å². The highest BCUT2D eigenvalue weighted by atomic mass is 32.1. The van der Waals surface area contributed by atoms with Crippen molar-refractivity contribution in [1.82, 2.24) is 20.4 Å². The standard InChI is InChI=1S/C26H39N5O3S/c1-5-29(6-2)14-13-27-25(32)26(33)28-20(3)24(23-12-9-19-35-23)31-17-15-30(16-18-31)21-10-7-8-11-22(21)34-4/h7-12,19-20,24H,5-6,13-18H2,1-4H3,(H,27,32)(H,28,33)/t20-,24-/m0/s1. The molecule has 1 aliphatic rings. The molecule has 0 bridgehead atoms. The number of ether oxygens (including phenoxy) is 1. The molecule has 3 rings (SSSR count). The molecule has 1 saturated heterocycles. The lowest BCUT2D eigenvalue weighted by molar-refractivity contribution is -0.139. The topological polar surface area (TPSA) is 77.2 Å². The molecule has 2 aromatic rings. The second-order valence-corrected chi connectivity index (χ2v) is 9.68. The normalized spacial score (nSPS) is 16.1. The number of anilines is 1. The van der Waals surface area contributed by atoms with E-state index in [1.165, 1.54) is 4.88 Å². The molecule has 9 heteroatoms. The van der Waals surface area contributed by atoms with Gasteiger partial charge in [0.15, 0.2) is 0 Å². The monoisotopic (exact) mass is 501 g/mol. The SMILES string of the molecule is CCN(CC)CCNC(=O)C(=O)N[C@@H](C)[C@@H](c1cccs1)N1CCN(c2ccccc2OC)CC1. The van der Waals surface area contributed by atoms with Gasteiger partial charge >= 0.3 is 11.8 Å². The summed E-state index contributed by atoms with van der Waals surface area (Å²) in [5, 5.41) is 7.77. The molecule has 0 radical (unpaired) electrons. The van der Waals surface area contributed by atoms with Crippen LogP contribution in [-0.4, -0.2) is 87.1 Å². The van der Waals surface area contributed by atoms with E-state index in [-0.39, 0.29) is 12.1 Å². The summed E-state index contributed by atoms with van der Waals surface area (Å²) in [6, 6.07) is 12.0. The summed E-state index contributed by atoms with van der Waals surface area (Å²) in [5.74, 6) is -0.274. The number of thiophene rings is 1. The Balaban J connectivity index is 1.60. The van der Waals surface area contributed by atoms with Crippen molar-refractivity contribution >= 4 is 28.8 Å². The fourth-order valence-electron chi connectivity index (χ4n) is 4.63. The molecule has 1 aromatic heterocycles. The van der Waals surface area contributed by atoms with E-state index >= 15 is 0 Å². The third-order valence-electron chi connectivity index (χ3n) is 6.61. The molecule has 1 fully saturated rings. The molecule has 192 valence electrons. The molecule has 0 unspecified atom stereocenters. The highest BCUT2D eigenvalue weighted by molar-refractivity contribution is 7.10. The first-order valence-electron chi connectivity index (χ1n) is 12.4. The lowest BCUT2D eigenvalue weighted by Crippen LogP contribution is -2.54. The maximum absolute atomic E-state index is 12.7. The van der Waals surface area contributed by atoms with Crippen LogP contribution in [0.15, 0.2) is 41.8 Å². The van der Waals surface area contributed by atoms with Crippen molar-refractivity contribution in [3.63, 3.8) is 0 Å². The number of carbonyl (C=O) groups excluding carboxylic acids is 2. The Bertz CT molecular complexity index is 927. The number of rotatable bonds is 11. The second kappa shape index (κ2) is 13.5. The number of nitrogens with zero attached hydrogens (tertiary/aromatic N) is 3. The first kappa shape index (κ1) is 27.0. The van der Waals surface area contributed by atoms with Crippen molar-refractivity contribution in [3.8, 4) is 5.75 Å². The summed E-state index contributed by atoms with van der Waals surface area (Å²) in [7, 11) is 1.70.